The number of rotatable bonds is 6. The zero-order valence-electron chi connectivity index (χ0n) is 9.55. The van der Waals surface area contributed by atoms with Crippen LogP contribution in [0.25, 0.3) is 0 Å². The molecule has 4 nitrogen and oxygen atoms in total. The van der Waals surface area contributed by atoms with Crippen molar-refractivity contribution in [3.8, 4) is 5.75 Å². The molecule has 0 saturated carbocycles. The van der Waals surface area contributed by atoms with Gasteiger partial charge in [0.05, 0.1) is 0 Å². The van der Waals surface area contributed by atoms with Crippen molar-refractivity contribution in [3.05, 3.63) is 29.8 Å². The van der Waals surface area contributed by atoms with Gasteiger partial charge in [0.15, 0.2) is 6.10 Å². The first-order chi connectivity index (χ1) is 8.04. The smallest absolute Gasteiger partial charge is 0.344 e. The molecule has 1 aromatic carbocycles. The van der Waals surface area contributed by atoms with Gasteiger partial charge in [0.2, 0.25) is 0 Å². The number of hydrogen-bond donors (Lipinski definition) is 2. The second kappa shape index (κ2) is 6.20. The predicted molar refractivity (Wildman–Crippen MR) is 69.3 cm³/mol. The molecule has 0 spiro atoms. The highest BCUT2D eigenvalue weighted by Crippen LogP contribution is 2.16. The van der Waals surface area contributed by atoms with Crippen molar-refractivity contribution < 1.29 is 14.6 Å². The van der Waals surface area contributed by atoms with E-state index in [2.05, 4.69) is 0 Å². The molecule has 0 amide bonds. The summed E-state index contributed by atoms with van der Waals surface area (Å²) in [6.07, 6.45) is 0.375. The molecule has 0 aromatic heterocycles. The molecule has 3 N–H and O–H groups in total. The molecule has 0 fully saturated rings. The van der Waals surface area contributed by atoms with Crippen LogP contribution in [0.5, 0.6) is 5.75 Å². The number of ether oxygens (including phenoxy) is 1. The molecule has 0 aliphatic carbocycles. The molecule has 17 heavy (non-hydrogen) atoms. The number of carboxylic acid groups (broad SMARTS) is 1. The van der Waals surface area contributed by atoms with Gasteiger partial charge in [0, 0.05) is 5.56 Å². The first-order valence-electron chi connectivity index (χ1n) is 5.34. The minimum absolute atomic E-state index is 0.262. The molecule has 92 valence electrons. The fourth-order valence-electron chi connectivity index (χ4n) is 1.38. The molecule has 1 rings (SSSR count). The zero-order chi connectivity index (χ0) is 12.8. The van der Waals surface area contributed by atoms with E-state index in [0.29, 0.717) is 17.7 Å². The molecule has 0 bridgehead atoms. The topological polar surface area (TPSA) is 72.5 Å². The summed E-state index contributed by atoms with van der Waals surface area (Å²) < 4.78 is 5.39. The highest BCUT2D eigenvalue weighted by Gasteiger charge is 2.18. The highest BCUT2D eigenvalue weighted by atomic mass is 32.1. The molecule has 1 aromatic rings. The molecular weight excluding hydrogens is 238 g/mol. The van der Waals surface area contributed by atoms with E-state index in [9.17, 15) is 4.79 Å². The van der Waals surface area contributed by atoms with E-state index in [4.69, 9.17) is 27.8 Å². The van der Waals surface area contributed by atoms with Gasteiger partial charge in [-0.1, -0.05) is 37.7 Å². The Hall–Kier alpha value is -1.62. The lowest BCUT2D eigenvalue weighted by Crippen LogP contribution is -2.26. The van der Waals surface area contributed by atoms with E-state index in [1.807, 2.05) is 6.92 Å². The van der Waals surface area contributed by atoms with Crippen LogP contribution in [0.15, 0.2) is 24.3 Å². The van der Waals surface area contributed by atoms with Gasteiger partial charge < -0.3 is 15.6 Å². The SMILES string of the molecule is CCCC(Oc1cccc(C(N)=S)c1)C(=O)O. The molecule has 0 heterocycles. The van der Waals surface area contributed by atoms with Crippen molar-refractivity contribution in [2.24, 2.45) is 5.73 Å². The lowest BCUT2D eigenvalue weighted by atomic mass is 10.2. The van der Waals surface area contributed by atoms with Crippen molar-refractivity contribution in [3.63, 3.8) is 0 Å². The summed E-state index contributed by atoms with van der Waals surface area (Å²) in [5.74, 6) is -0.497. The van der Waals surface area contributed by atoms with Crippen LogP contribution in [0.1, 0.15) is 25.3 Å². The number of benzene rings is 1. The van der Waals surface area contributed by atoms with Crippen molar-refractivity contribution in [1.82, 2.24) is 0 Å². The predicted octanol–water partition coefficient (Wildman–Crippen LogP) is 1.95. The molecule has 1 unspecified atom stereocenters. The summed E-state index contributed by atoms with van der Waals surface area (Å²) in [6, 6.07) is 6.82. The third-order valence-electron chi connectivity index (χ3n) is 2.22. The molecule has 0 radical (unpaired) electrons. The largest absolute Gasteiger partial charge is 0.479 e. The second-order valence-electron chi connectivity index (χ2n) is 3.63. The van der Waals surface area contributed by atoms with Crippen LogP contribution < -0.4 is 10.5 Å². The number of aliphatic carboxylic acids is 1. The summed E-state index contributed by atoms with van der Waals surface area (Å²) in [4.78, 5) is 11.2. The van der Waals surface area contributed by atoms with Crippen LogP contribution in [0.3, 0.4) is 0 Å². The minimum Gasteiger partial charge on any atom is -0.479 e. The molecule has 1 atom stereocenters. The maximum absolute atomic E-state index is 10.9. The van der Waals surface area contributed by atoms with Crippen molar-refractivity contribution in [2.45, 2.75) is 25.9 Å². The van der Waals surface area contributed by atoms with E-state index in [1.165, 1.54) is 0 Å². The Morgan fingerprint density at radius 2 is 2.29 bits per heavy atom. The van der Waals surface area contributed by atoms with Gasteiger partial charge in [-0.3, -0.25) is 0 Å². The van der Waals surface area contributed by atoms with E-state index in [-0.39, 0.29) is 4.99 Å². The fraction of sp³-hybridized carbons (Fsp3) is 0.333. The second-order valence-corrected chi connectivity index (χ2v) is 4.07. The Balaban J connectivity index is 2.82. The zero-order valence-corrected chi connectivity index (χ0v) is 10.4. The Morgan fingerprint density at radius 3 is 2.82 bits per heavy atom. The van der Waals surface area contributed by atoms with Gasteiger partial charge in [0.1, 0.15) is 10.7 Å². The molecular formula is C12H15NO3S. The summed E-state index contributed by atoms with van der Waals surface area (Å²) in [6.45, 7) is 1.91. The summed E-state index contributed by atoms with van der Waals surface area (Å²) in [7, 11) is 0. The minimum atomic E-state index is -0.965. The van der Waals surface area contributed by atoms with Gasteiger partial charge >= 0.3 is 5.97 Å². The average Bonchev–Trinajstić information content (AvgIpc) is 2.28. The normalized spacial score (nSPS) is 11.8. The Labute approximate surface area is 105 Å². The third-order valence-corrected chi connectivity index (χ3v) is 2.46. The maximum atomic E-state index is 10.9. The van der Waals surface area contributed by atoms with Crippen molar-refractivity contribution in [2.75, 3.05) is 0 Å². The monoisotopic (exact) mass is 253 g/mol. The van der Waals surface area contributed by atoms with Gasteiger partial charge in [-0.05, 0) is 18.6 Å². The van der Waals surface area contributed by atoms with E-state index in [1.54, 1.807) is 24.3 Å². The van der Waals surface area contributed by atoms with Crippen molar-refractivity contribution in [1.29, 1.82) is 0 Å². The van der Waals surface area contributed by atoms with Gasteiger partial charge in [-0.2, -0.15) is 0 Å². The van der Waals surface area contributed by atoms with E-state index in [0.717, 1.165) is 6.42 Å². The van der Waals surface area contributed by atoms with Crippen LogP contribution in [-0.2, 0) is 4.79 Å². The lowest BCUT2D eigenvalue weighted by Gasteiger charge is -2.14. The Kier molecular flexibility index (Phi) is 4.90. The van der Waals surface area contributed by atoms with Crippen LogP contribution in [0, 0.1) is 0 Å². The van der Waals surface area contributed by atoms with Gasteiger partial charge in [-0.15, -0.1) is 0 Å². The number of carboxylic acids is 1. The first kappa shape index (κ1) is 13.4. The number of carbonyl (C=O) groups is 1. The lowest BCUT2D eigenvalue weighted by molar-refractivity contribution is -0.145. The van der Waals surface area contributed by atoms with Crippen LogP contribution in [0.4, 0.5) is 0 Å². The average molecular weight is 253 g/mol. The van der Waals surface area contributed by atoms with Gasteiger partial charge in [-0.25, -0.2) is 4.79 Å². The quantitative estimate of drug-likeness (QED) is 0.758. The summed E-state index contributed by atoms with van der Waals surface area (Å²) in [5, 5.41) is 8.97. The third kappa shape index (κ3) is 4.03. The Morgan fingerprint density at radius 1 is 1.59 bits per heavy atom. The van der Waals surface area contributed by atoms with E-state index >= 15 is 0 Å². The van der Waals surface area contributed by atoms with E-state index < -0.39 is 12.1 Å². The Bertz CT molecular complexity index is 420. The van der Waals surface area contributed by atoms with Crippen LogP contribution >= 0.6 is 12.2 Å². The number of nitrogens with two attached hydrogens (primary N) is 1. The number of thiocarbonyl (C=S) groups is 1. The number of hydrogen-bond acceptors (Lipinski definition) is 3. The summed E-state index contributed by atoms with van der Waals surface area (Å²) >= 11 is 4.84. The van der Waals surface area contributed by atoms with Crippen LogP contribution in [0.2, 0.25) is 0 Å². The molecule has 0 aliphatic heterocycles. The first-order valence-corrected chi connectivity index (χ1v) is 5.74. The maximum Gasteiger partial charge on any atom is 0.344 e. The fourth-order valence-corrected chi connectivity index (χ4v) is 1.51. The standard InChI is InChI=1S/C12H15NO3S/c1-2-4-10(12(14)15)16-9-6-3-5-8(7-9)11(13)17/h3,5-7,10H,2,4H2,1H3,(H2,13,17)(H,14,15). The molecule has 5 heteroatoms. The molecule has 0 saturated heterocycles. The van der Waals surface area contributed by atoms with Crippen LogP contribution in [-0.4, -0.2) is 22.2 Å². The van der Waals surface area contributed by atoms with Crippen molar-refractivity contribution >= 4 is 23.2 Å². The summed E-state index contributed by atoms with van der Waals surface area (Å²) in [5.41, 5.74) is 6.16. The highest BCUT2D eigenvalue weighted by molar-refractivity contribution is 7.80. The van der Waals surface area contributed by atoms with Gasteiger partial charge in [0.25, 0.3) is 0 Å². The molecule has 0 aliphatic rings.